The van der Waals surface area contributed by atoms with E-state index in [0.717, 1.165) is 16.2 Å². The number of rotatable bonds is 7. The Morgan fingerprint density at radius 3 is 2.73 bits per heavy atom. The monoisotopic (exact) mass is 371 g/mol. The van der Waals surface area contributed by atoms with Crippen LogP contribution >= 0.6 is 11.8 Å². The van der Waals surface area contributed by atoms with Crippen LogP contribution in [-0.4, -0.2) is 35.3 Å². The van der Waals surface area contributed by atoms with Crippen molar-refractivity contribution in [3.8, 4) is 11.5 Å². The van der Waals surface area contributed by atoms with Crippen LogP contribution in [0.25, 0.3) is 11.0 Å². The summed E-state index contributed by atoms with van der Waals surface area (Å²) in [7, 11) is 3.15. The smallest absolute Gasteiger partial charge is 0.238 e. The van der Waals surface area contributed by atoms with Crippen molar-refractivity contribution in [1.82, 2.24) is 9.97 Å². The summed E-state index contributed by atoms with van der Waals surface area (Å²) in [5, 5.41) is 3.38. The molecule has 0 aliphatic heterocycles. The average molecular weight is 371 g/mol. The molecule has 3 rings (SSSR count). The van der Waals surface area contributed by atoms with E-state index < -0.39 is 0 Å². The summed E-state index contributed by atoms with van der Waals surface area (Å²) in [6, 6.07) is 13.1. The number of amides is 1. The highest BCUT2D eigenvalue weighted by molar-refractivity contribution is 8.00. The van der Waals surface area contributed by atoms with Gasteiger partial charge in [-0.1, -0.05) is 30.8 Å². The van der Waals surface area contributed by atoms with Gasteiger partial charge in [-0.15, -0.1) is 0 Å². The molecule has 0 saturated heterocycles. The van der Waals surface area contributed by atoms with Gasteiger partial charge in [-0.05, 0) is 30.7 Å². The second-order valence-electron chi connectivity index (χ2n) is 5.63. The lowest BCUT2D eigenvalue weighted by Crippen LogP contribution is -2.25. The first-order valence-electron chi connectivity index (χ1n) is 8.29. The third-order valence-corrected chi connectivity index (χ3v) is 5.20. The lowest BCUT2D eigenvalue weighted by molar-refractivity contribution is -0.115. The van der Waals surface area contributed by atoms with Gasteiger partial charge in [0.2, 0.25) is 5.91 Å². The van der Waals surface area contributed by atoms with E-state index in [9.17, 15) is 4.79 Å². The first-order valence-corrected chi connectivity index (χ1v) is 9.16. The number of carbonyl (C=O) groups excluding carboxylic acids is 1. The maximum absolute atomic E-state index is 12.8. The van der Waals surface area contributed by atoms with Gasteiger partial charge in [0.05, 0.1) is 36.2 Å². The molecule has 0 fully saturated rings. The molecule has 1 amide bonds. The minimum atomic E-state index is -0.286. The van der Waals surface area contributed by atoms with Crippen LogP contribution in [0.15, 0.2) is 47.6 Å². The van der Waals surface area contributed by atoms with Crippen LogP contribution in [0.4, 0.5) is 5.69 Å². The molecular formula is C19H21N3O3S. The third kappa shape index (κ3) is 3.94. The highest BCUT2D eigenvalue weighted by Gasteiger charge is 2.21. The summed E-state index contributed by atoms with van der Waals surface area (Å²) in [4.78, 5) is 20.5. The lowest BCUT2D eigenvalue weighted by atomic mass is 10.2. The van der Waals surface area contributed by atoms with E-state index in [2.05, 4.69) is 15.3 Å². The number of para-hydroxylation sites is 2. The number of thioether (sulfide) groups is 1. The SMILES string of the molecule is CCC(Sc1nc2ccccc2[nH]1)C(=O)Nc1cc(OC)ccc1OC. The highest BCUT2D eigenvalue weighted by Crippen LogP contribution is 2.31. The Balaban J connectivity index is 1.76. The lowest BCUT2D eigenvalue weighted by Gasteiger charge is -2.16. The van der Waals surface area contributed by atoms with Crippen LogP contribution in [-0.2, 0) is 4.79 Å². The Morgan fingerprint density at radius 1 is 1.23 bits per heavy atom. The van der Waals surface area contributed by atoms with E-state index in [0.29, 0.717) is 23.6 Å². The predicted molar refractivity (Wildman–Crippen MR) is 104 cm³/mol. The standard InChI is InChI=1S/C19H21N3O3S/c1-4-17(26-19-21-13-7-5-6-8-14(13)22-19)18(23)20-15-11-12(24-2)9-10-16(15)25-3/h5-11,17H,4H2,1-3H3,(H,20,23)(H,21,22). The fourth-order valence-electron chi connectivity index (χ4n) is 2.57. The molecule has 3 aromatic rings. The minimum Gasteiger partial charge on any atom is -0.497 e. The molecule has 1 aromatic heterocycles. The molecule has 0 saturated carbocycles. The van der Waals surface area contributed by atoms with Crippen molar-refractivity contribution in [3.63, 3.8) is 0 Å². The average Bonchev–Trinajstić information content (AvgIpc) is 3.08. The zero-order valence-electron chi connectivity index (χ0n) is 14.9. The molecule has 2 aromatic carbocycles. The maximum Gasteiger partial charge on any atom is 0.238 e. The van der Waals surface area contributed by atoms with Crippen LogP contribution in [0.2, 0.25) is 0 Å². The topological polar surface area (TPSA) is 76.2 Å². The molecule has 2 N–H and O–H groups in total. The maximum atomic E-state index is 12.8. The van der Waals surface area contributed by atoms with Crippen LogP contribution in [0.1, 0.15) is 13.3 Å². The van der Waals surface area contributed by atoms with E-state index in [1.807, 2.05) is 31.2 Å². The minimum absolute atomic E-state index is 0.107. The Labute approximate surface area is 156 Å². The Kier molecular flexibility index (Phi) is 5.68. The fraction of sp³-hybridized carbons (Fsp3) is 0.263. The van der Waals surface area contributed by atoms with Gasteiger partial charge in [-0.25, -0.2) is 4.98 Å². The molecule has 0 aliphatic rings. The third-order valence-electron chi connectivity index (χ3n) is 3.95. The number of H-pyrrole nitrogens is 1. The molecule has 0 spiro atoms. The van der Waals surface area contributed by atoms with Gasteiger partial charge in [0.15, 0.2) is 5.16 Å². The number of fused-ring (bicyclic) bond motifs is 1. The van der Waals surface area contributed by atoms with Crippen LogP contribution in [0, 0.1) is 0 Å². The fourth-order valence-corrected chi connectivity index (χ4v) is 3.49. The number of imidazole rings is 1. The number of aromatic amines is 1. The van der Waals surface area contributed by atoms with Crippen LogP contribution < -0.4 is 14.8 Å². The number of hydrogen-bond donors (Lipinski definition) is 2. The number of hydrogen-bond acceptors (Lipinski definition) is 5. The van der Waals surface area contributed by atoms with Crippen LogP contribution in [0.3, 0.4) is 0 Å². The second kappa shape index (κ2) is 8.14. The summed E-state index contributed by atoms with van der Waals surface area (Å²) in [6.45, 7) is 1.97. The summed E-state index contributed by atoms with van der Waals surface area (Å²) < 4.78 is 10.5. The molecule has 0 aliphatic carbocycles. The van der Waals surface area contributed by atoms with Crippen molar-refractivity contribution in [2.24, 2.45) is 0 Å². The largest absolute Gasteiger partial charge is 0.497 e. The number of ether oxygens (including phenoxy) is 2. The van der Waals surface area contributed by atoms with Crippen LogP contribution in [0.5, 0.6) is 11.5 Å². The molecule has 6 nitrogen and oxygen atoms in total. The summed E-state index contributed by atoms with van der Waals surface area (Å²) >= 11 is 1.41. The van der Waals surface area contributed by atoms with Crippen molar-refractivity contribution in [1.29, 1.82) is 0 Å². The van der Waals surface area contributed by atoms with Gasteiger partial charge in [0, 0.05) is 6.07 Å². The number of methoxy groups -OCH3 is 2. The van der Waals surface area contributed by atoms with Crippen molar-refractivity contribution < 1.29 is 14.3 Å². The first kappa shape index (κ1) is 18.1. The van der Waals surface area contributed by atoms with Gasteiger partial charge in [0.25, 0.3) is 0 Å². The van der Waals surface area contributed by atoms with Crippen molar-refractivity contribution >= 4 is 34.4 Å². The second-order valence-corrected chi connectivity index (χ2v) is 6.82. The van der Waals surface area contributed by atoms with E-state index in [-0.39, 0.29) is 11.2 Å². The van der Waals surface area contributed by atoms with E-state index in [4.69, 9.17) is 9.47 Å². The zero-order chi connectivity index (χ0) is 18.5. The molecule has 1 atom stereocenters. The first-order chi connectivity index (χ1) is 12.6. The highest BCUT2D eigenvalue weighted by atomic mass is 32.2. The molecule has 0 radical (unpaired) electrons. The number of nitrogens with zero attached hydrogens (tertiary/aromatic N) is 1. The molecule has 7 heteroatoms. The number of carbonyl (C=O) groups is 1. The van der Waals surface area contributed by atoms with Gasteiger partial charge in [-0.2, -0.15) is 0 Å². The number of nitrogens with one attached hydrogen (secondary N) is 2. The Bertz CT molecular complexity index is 877. The number of benzene rings is 2. The molecule has 1 unspecified atom stereocenters. The molecule has 26 heavy (non-hydrogen) atoms. The van der Waals surface area contributed by atoms with Gasteiger partial charge in [-0.3, -0.25) is 4.79 Å². The number of aromatic nitrogens is 2. The van der Waals surface area contributed by atoms with Crippen molar-refractivity contribution in [3.05, 3.63) is 42.5 Å². The number of anilines is 1. The summed E-state index contributed by atoms with van der Waals surface area (Å²) in [6.07, 6.45) is 0.666. The molecule has 136 valence electrons. The normalized spacial score (nSPS) is 12.0. The van der Waals surface area contributed by atoms with Crippen molar-refractivity contribution in [2.45, 2.75) is 23.8 Å². The molecular weight excluding hydrogens is 350 g/mol. The van der Waals surface area contributed by atoms with E-state index >= 15 is 0 Å². The van der Waals surface area contributed by atoms with Gasteiger partial charge < -0.3 is 19.8 Å². The zero-order valence-corrected chi connectivity index (χ0v) is 15.7. The summed E-state index contributed by atoms with van der Waals surface area (Å²) in [5.41, 5.74) is 2.43. The predicted octanol–water partition coefficient (Wildman–Crippen LogP) is 4.09. The van der Waals surface area contributed by atoms with Gasteiger partial charge >= 0.3 is 0 Å². The Morgan fingerprint density at radius 2 is 2.04 bits per heavy atom. The van der Waals surface area contributed by atoms with E-state index in [1.54, 1.807) is 32.4 Å². The Hall–Kier alpha value is -2.67. The molecule has 0 bridgehead atoms. The van der Waals surface area contributed by atoms with Gasteiger partial charge in [0.1, 0.15) is 11.5 Å². The van der Waals surface area contributed by atoms with E-state index in [1.165, 1.54) is 11.8 Å². The summed E-state index contributed by atoms with van der Waals surface area (Å²) in [5.74, 6) is 1.13. The quantitative estimate of drug-likeness (QED) is 0.612. The van der Waals surface area contributed by atoms with Crippen molar-refractivity contribution in [2.75, 3.05) is 19.5 Å². The molecule has 1 heterocycles.